The van der Waals surface area contributed by atoms with E-state index in [1.807, 2.05) is 18.2 Å². The van der Waals surface area contributed by atoms with Crippen LogP contribution in [0, 0.1) is 0 Å². The maximum absolute atomic E-state index is 13.2. The number of fused-ring (bicyclic) bond motifs is 3. The molecular weight excluding hydrogens is 330 g/mol. The van der Waals surface area contributed by atoms with Gasteiger partial charge in [0.25, 0.3) is 0 Å². The molecule has 4 rings (SSSR count). The van der Waals surface area contributed by atoms with Gasteiger partial charge in [-0.05, 0) is 30.5 Å². The van der Waals surface area contributed by atoms with Crippen molar-refractivity contribution in [2.24, 2.45) is 0 Å². The van der Waals surface area contributed by atoms with Crippen LogP contribution < -0.4 is 0 Å². The van der Waals surface area contributed by atoms with E-state index in [2.05, 4.69) is 0 Å². The van der Waals surface area contributed by atoms with Gasteiger partial charge in [-0.15, -0.1) is 0 Å². The fourth-order valence-corrected chi connectivity index (χ4v) is 3.63. The summed E-state index contributed by atoms with van der Waals surface area (Å²) in [6.07, 6.45) is 3.52. The van der Waals surface area contributed by atoms with E-state index in [0.717, 1.165) is 12.0 Å². The number of nitrogens with zero attached hydrogens (tertiary/aromatic N) is 1. The molecule has 0 unspecified atom stereocenters. The van der Waals surface area contributed by atoms with Gasteiger partial charge in [-0.2, -0.15) is 0 Å². The number of rotatable bonds is 3. The number of hydrogen-bond acceptors (Lipinski definition) is 4. The molecule has 2 heterocycles. The van der Waals surface area contributed by atoms with Gasteiger partial charge in [-0.3, -0.25) is 9.59 Å². The Morgan fingerprint density at radius 2 is 1.81 bits per heavy atom. The lowest BCUT2D eigenvalue weighted by Crippen LogP contribution is -2.13. The highest BCUT2D eigenvalue weighted by Crippen LogP contribution is 2.32. The summed E-state index contributed by atoms with van der Waals surface area (Å²) in [5.74, 6) is -0.582. The third kappa shape index (κ3) is 2.44. The molecule has 1 aliphatic carbocycles. The number of ketones is 2. The van der Waals surface area contributed by atoms with Gasteiger partial charge in [0.1, 0.15) is 0 Å². The monoisotopic (exact) mass is 347 g/mol. The molecule has 0 N–H and O–H groups in total. The molecule has 2 aromatic heterocycles. The molecule has 1 aromatic carbocycles. The zero-order valence-corrected chi connectivity index (χ0v) is 14.3. The number of ether oxygens (including phenoxy) is 1. The molecule has 0 saturated heterocycles. The molecular formula is C21H17NO4. The summed E-state index contributed by atoms with van der Waals surface area (Å²) in [6, 6.07) is 12.3. The van der Waals surface area contributed by atoms with Crippen molar-refractivity contribution >= 4 is 23.1 Å². The third-order valence-electron chi connectivity index (χ3n) is 4.82. The summed E-state index contributed by atoms with van der Waals surface area (Å²) in [5.41, 5.74) is 3.36. The summed E-state index contributed by atoms with van der Waals surface area (Å²) in [4.78, 5) is 37.6. The van der Waals surface area contributed by atoms with Gasteiger partial charge in [-0.1, -0.05) is 30.3 Å². The van der Waals surface area contributed by atoms with Crippen LogP contribution in [-0.2, 0) is 11.2 Å². The number of hydrogen-bond donors (Lipinski definition) is 0. The van der Waals surface area contributed by atoms with Crippen molar-refractivity contribution in [3.05, 3.63) is 76.6 Å². The average molecular weight is 347 g/mol. The first kappa shape index (κ1) is 16.3. The molecule has 0 amide bonds. The fourth-order valence-electron chi connectivity index (χ4n) is 3.63. The molecule has 5 nitrogen and oxygen atoms in total. The number of aromatic nitrogens is 1. The lowest BCUT2D eigenvalue weighted by Gasteiger charge is -2.11. The van der Waals surface area contributed by atoms with Crippen molar-refractivity contribution in [3.63, 3.8) is 0 Å². The van der Waals surface area contributed by atoms with E-state index in [0.29, 0.717) is 40.7 Å². The minimum Gasteiger partial charge on any atom is -0.465 e. The van der Waals surface area contributed by atoms with E-state index in [9.17, 15) is 14.4 Å². The smallest absolute Gasteiger partial charge is 0.337 e. The van der Waals surface area contributed by atoms with Gasteiger partial charge in [0.15, 0.2) is 5.78 Å². The van der Waals surface area contributed by atoms with Crippen molar-refractivity contribution < 1.29 is 19.1 Å². The Bertz CT molecular complexity index is 1050. The first-order valence-electron chi connectivity index (χ1n) is 8.50. The lowest BCUT2D eigenvalue weighted by atomic mass is 9.90. The van der Waals surface area contributed by atoms with E-state index in [4.69, 9.17) is 4.74 Å². The van der Waals surface area contributed by atoms with Gasteiger partial charge in [0, 0.05) is 23.7 Å². The second-order valence-electron chi connectivity index (χ2n) is 6.34. The Kier molecular flexibility index (Phi) is 3.92. The van der Waals surface area contributed by atoms with Crippen molar-refractivity contribution in [2.75, 3.05) is 7.11 Å². The Hall–Kier alpha value is -3.21. The first-order chi connectivity index (χ1) is 12.6. The van der Waals surface area contributed by atoms with Crippen molar-refractivity contribution in [1.82, 2.24) is 4.40 Å². The zero-order valence-electron chi connectivity index (χ0n) is 14.3. The molecule has 0 radical (unpaired) electrons. The second-order valence-corrected chi connectivity index (χ2v) is 6.34. The third-order valence-corrected chi connectivity index (χ3v) is 4.82. The van der Waals surface area contributed by atoms with Crippen LogP contribution in [-0.4, -0.2) is 29.0 Å². The minimum atomic E-state index is -0.471. The Balaban J connectivity index is 2.00. The highest BCUT2D eigenvalue weighted by atomic mass is 16.5. The van der Waals surface area contributed by atoms with Crippen LogP contribution in [0.2, 0.25) is 0 Å². The summed E-state index contributed by atoms with van der Waals surface area (Å²) < 4.78 is 6.51. The second kappa shape index (κ2) is 6.26. The van der Waals surface area contributed by atoms with Gasteiger partial charge in [0.2, 0.25) is 5.78 Å². The largest absolute Gasteiger partial charge is 0.465 e. The number of esters is 1. The number of carbonyl (C=O) groups is 3. The number of pyridine rings is 1. The van der Waals surface area contributed by atoms with E-state index >= 15 is 0 Å². The summed E-state index contributed by atoms with van der Waals surface area (Å²) >= 11 is 0. The van der Waals surface area contributed by atoms with Crippen LogP contribution in [0.4, 0.5) is 0 Å². The SMILES string of the molecule is COC(=O)c1ccn2c(C(=O)c3ccccc3)c3c(c2c1)C(=O)CCC3. The van der Waals surface area contributed by atoms with Crippen LogP contribution in [0.5, 0.6) is 0 Å². The lowest BCUT2D eigenvalue weighted by molar-refractivity contribution is 0.0600. The maximum atomic E-state index is 13.2. The first-order valence-corrected chi connectivity index (χ1v) is 8.50. The quantitative estimate of drug-likeness (QED) is 0.537. The fraction of sp³-hybridized carbons (Fsp3) is 0.190. The summed E-state index contributed by atoms with van der Waals surface area (Å²) in [7, 11) is 1.32. The molecule has 3 aromatic rings. The number of carbonyl (C=O) groups excluding carboxylic acids is 3. The molecule has 26 heavy (non-hydrogen) atoms. The van der Waals surface area contributed by atoms with Crippen molar-refractivity contribution in [2.45, 2.75) is 19.3 Å². The van der Waals surface area contributed by atoms with Crippen molar-refractivity contribution in [3.8, 4) is 0 Å². The molecule has 1 aliphatic rings. The molecule has 0 fully saturated rings. The Morgan fingerprint density at radius 3 is 2.54 bits per heavy atom. The highest BCUT2D eigenvalue weighted by molar-refractivity contribution is 6.15. The molecule has 5 heteroatoms. The molecule has 0 atom stereocenters. The molecule has 0 aliphatic heterocycles. The standard InChI is InChI=1S/C21H17NO4/c1-26-21(25)14-10-11-22-16(12-14)18-15(8-5-9-17(18)23)19(22)20(24)13-6-3-2-4-7-13/h2-4,6-7,10-12H,5,8-9H2,1H3. The van der Waals surface area contributed by atoms with Gasteiger partial charge in [0.05, 0.1) is 23.9 Å². The van der Waals surface area contributed by atoms with Crippen LogP contribution in [0.1, 0.15) is 55.2 Å². The number of benzene rings is 1. The predicted molar refractivity (Wildman–Crippen MR) is 95.9 cm³/mol. The highest BCUT2D eigenvalue weighted by Gasteiger charge is 2.30. The summed E-state index contributed by atoms with van der Waals surface area (Å²) in [5, 5.41) is 0. The van der Waals surface area contributed by atoms with Gasteiger partial charge in [-0.25, -0.2) is 4.79 Å². The zero-order chi connectivity index (χ0) is 18.3. The molecule has 0 spiro atoms. The van der Waals surface area contributed by atoms with Gasteiger partial charge >= 0.3 is 5.97 Å². The number of methoxy groups -OCH3 is 1. The van der Waals surface area contributed by atoms with E-state index in [1.54, 1.807) is 34.9 Å². The van der Waals surface area contributed by atoms with E-state index < -0.39 is 5.97 Å². The molecule has 0 saturated carbocycles. The maximum Gasteiger partial charge on any atom is 0.337 e. The minimum absolute atomic E-state index is 0.0119. The topological polar surface area (TPSA) is 64.8 Å². The summed E-state index contributed by atoms with van der Waals surface area (Å²) in [6.45, 7) is 0. The van der Waals surface area contributed by atoms with E-state index in [-0.39, 0.29) is 11.6 Å². The predicted octanol–water partition coefficient (Wildman–Crippen LogP) is 3.48. The normalized spacial score (nSPS) is 13.5. The average Bonchev–Trinajstić information content (AvgIpc) is 3.02. The molecule has 0 bridgehead atoms. The Labute approximate surface area is 150 Å². The van der Waals surface area contributed by atoms with Crippen LogP contribution in [0.15, 0.2) is 48.7 Å². The van der Waals surface area contributed by atoms with Crippen LogP contribution in [0.25, 0.3) is 5.52 Å². The van der Waals surface area contributed by atoms with Gasteiger partial charge < -0.3 is 9.14 Å². The van der Waals surface area contributed by atoms with Crippen molar-refractivity contribution in [1.29, 1.82) is 0 Å². The molecule has 130 valence electrons. The van der Waals surface area contributed by atoms with E-state index in [1.165, 1.54) is 7.11 Å². The van der Waals surface area contributed by atoms with Crippen LogP contribution >= 0.6 is 0 Å². The number of Topliss-reactive ketones (excluding diaryl/α,β-unsaturated/α-hetero) is 1. The Morgan fingerprint density at radius 1 is 1.04 bits per heavy atom. The van der Waals surface area contributed by atoms with Crippen LogP contribution in [0.3, 0.4) is 0 Å².